The molecule has 3 nitrogen and oxygen atoms in total. The normalized spacial score (nSPS) is 25.0. The second-order valence-corrected chi connectivity index (χ2v) is 8.88. The van der Waals surface area contributed by atoms with Crippen molar-refractivity contribution in [2.24, 2.45) is 5.92 Å². The van der Waals surface area contributed by atoms with Crippen LogP contribution in [0.15, 0.2) is 84.9 Å². The molecule has 3 fully saturated rings. The fraction of sp³-hybridized carbons (Fsp3) is 0.357. The third-order valence-electron chi connectivity index (χ3n) is 7.25. The number of hydrogen-bond donors (Lipinski definition) is 1. The molecule has 2 bridgehead atoms. The van der Waals surface area contributed by atoms with E-state index >= 15 is 0 Å². The number of nitrogens with one attached hydrogen (secondary N) is 1. The van der Waals surface area contributed by atoms with Crippen LogP contribution >= 0.6 is 0 Å². The molecule has 0 aromatic heterocycles. The molecule has 3 heteroatoms. The summed E-state index contributed by atoms with van der Waals surface area (Å²) < 4.78 is 5.61. The molecule has 0 spiro atoms. The summed E-state index contributed by atoms with van der Waals surface area (Å²) in [6.07, 6.45) is 2.58. The van der Waals surface area contributed by atoms with E-state index in [1.807, 2.05) is 6.07 Å². The number of nitrogens with zero attached hydrogens (tertiary/aromatic N) is 1. The van der Waals surface area contributed by atoms with Gasteiger partial charge in [0.05, 0.1) is 7.11 Å². The molecule has 2 atom stereocenters. The third-order valence-corrected chi connectivity index (χ3v) is 7.25. The van der Waals surface area contributed by atoms with Crippen molar-refractivity contribution < 1.29 is 4.74 Å². The van der Waals surface area contributed by atoms with Crippen molar-refractivity contribution in [3.05, 3.63) is 102 Å². The average Bonchev–Trinajstić information content (AvgIpc) is 2.85. The quantitative estimate of drug-likeness (QED) is 0.586. The van der Waals surface area contributed by atoms with Gasteiger partial charge in [-0.3, -0.25) is 4.90 Å². The first-order chi connectivity index (χ1) is 15.3. The smallest absolute Gasteiger partial charge is 0.123 e. The first kappa shape index (κ1) is 20.3. The number of para-hydroxylation sites is 1. The molecular formula is C28H32N2O. The molecule has 0 unspecified atom stereocenters. The Morgan fingerprint density at radius 2 is 1.42 bits per heavy atom. The summed E-state index contributed by atoms with van der Waals surface area (Å²) in [5.74, 6) is 2.05. The highest BCUT2D eigenvalue weighted by molar-refractivity contribution is 5.37. The lowest BCUT2D eigenvalue weighted by molar-refractivity contribution is 0.00462. The van der Waals surface area contributed by atoms with Crippen molar-refractivity contribution in [1.29, 1.82) is 0 Å². The van der Waals surface area contributed by atoms with Crippen molar-refractivity contribution in [3.63, 3.8) is 0 Å². The van der Waals surface area contributed by atoms with Crippen molar-refractivity contribution in [3.8, 4) is 5.75 Å². The maximum Gasteiger partial charge on any atom is 0.123 e. The number of ether oxygens (including phenoxy) is 1. The van der Waals surface area contributed by atoms with Crippen LogP contribution in [0.3, 0.4) is 0 Å². The molecule has 3 aliphatic rings. The van der Waals surface area contributed by atoms with Crippen LogP contribution < -0.4 is 10.1 Å². The number of methoxy groups -OCH3 is 1. The Bertz CT molecular complexity index is 927. The number of fused-ring (bicyclic) bond motifs is 3. The van der Waals surface area contributed by atoms with E-state index in [1.54, 1.807) is 7.11 Å². The Morgan fingerprint density at radius 1 is 0.839 bits per heavy atom. The van der Waals surface area contributed by atoms with E-state index in [4.69, 9.17) is 4.74 Å². The van der Waals surface area contributed by atoms with Crippen LogP contribution in [0.25, 0.3) is 0 Å². The van der Waals surface area contributed by atoms with E-state index < -0.39 is 0 Å². The molecule has 0 saturated carbocycles. The van der Waals surface area contributed by atoms with Gasteiger partial charge >= 0.3 is 0 Å². The van der Waals surface area contributed by atoms with Gasteiger partial charge in [-0.05, 0) is 49.0 Å². The number of hydrogen-bond acceptors (Lipinski definition) is 3. The fourth-order valence-electron chi connectivity index (χ4n) is 5.77. The van der Waals surface area contributed by atoms with E-state index in [0.717, 1.165) is 18.2 Å². The lowest BCUT2D eigenvalue weighted by Gasteiger charge is -2.54. The van der Waals surface area contributed by atoms with Gasteiger partial charge in [-0.1, -0.05) is 78.9 Å². The van der Waals surface area contributed by atoms with E-state index in [2.05, 4.69) is 89.1 Å². The summed E-state index contributed by atoms with van der Waals surface area (Å²) in [7, 11) is 1.76. The molecule has 160 valence electrons. The van der Waals surface area contributed by atoms with Gasteiger partial charge in [0.2, 0.25) is 0 Å². The highest BCUT2D eigenvalue weighted by atomic mass is 16.5. The zero-order valence-corrected chi connectivity index (χ0v) is 18.3. The van der Waals surface area contributed by atoms with Crippen LogP contribution in [-0.4, -0.2) is 37.2 Å². The van der Waals surface area contributed by atoms with Crippen LogP contribution in [0.4, 0.5) is 0 Å². The minimum absolute atomic E-state index is 0.362. The minimum atomic E-state index is 0.362. The maximum atomic E-state index is 5.61. The second kappa shape index (κ2) is 9.25. The maximum absolute atomic E-state index is 5.61. The van der Waals surface area contributed by atoms with Gasteiger partial charge in [-0.2, -0.15) is 0 Å². The van der Waals surface area contributed by atoms with Crippen molar-refractivity contribution in [1.82, 2.24) is 10.2 Å². The molecule has 0 radical (unpaired) electrons. The number of piperidine rings is 3. The lowest BCUT2D eigenvalue weighted by Crippen LogP contribution is -2.64. The van der Waals surface area contributed by atoms with Gasteiger partial charge in [0, 0.05) is 30.1 Å². The Morgan fingerprint density at radius 3 is 2.03 bits per heavy atom. The standard InChI is InChI=1S/C28H32N2O/c1-31-25-15-9-8-14-24(25)20-29-27-23-16-18-30(19-17-23)28(27)26(21-10-4-2-5-11-21)22-12-6-3-7-13-22/h2-15,23,26-29H,16-20H2,1H3/t27-,28+/m1/s1. The summed E-state index contributed by atoms with van der Waals surface area (Å²) in [5, 5.41) is 3.99. The minimum Gasteiger partial charge on any atom is -0.496 e. The average molecular weight is 413 g/mol. The molecule has 1 N–H and O–H groups in total. The van der Waals surface area contributed by atoms with E-state index in [0.29, 0.717) is 18.0 Å². The van der Waals surface area contributed by atoms with E-state index in [9.17, 15) is 0 Å². The molecule has 0 aliphatic carbocycles. The number of rotatable bonds is 7. The highest BCUT2D eigenvalue weighted by Crippen LogP contribution is 2.42. The van der Waals surface area contributed by atoms with Gasteiger partial charge in [0.1, 0.15) is 5.75 Å². The van der Waals surface area contributed by atoms with Crippen molar-refractivity contribution in [2.45, 2.75) is 37.4 Å². The Labute approximate surface area is 186 Å². The summed E-state index contributed by atoms with van der Waals surface area (Å²) in [6, 6.07) is 31.5. The molecule has 6 rings (SSSR count). The van der Waals surface area contributed by atoms with Gasteiger partial charge in [0.15, 0.2) is 0 Å². The third kappa shape index (κ3) is 4.13. The molecule has 3 aliphatic heterocycles. The predicted octanol–water partition coefficient (Wildman–Crippen LogP) is 5.08. The molecule has 3 heterocycles. The molecular weight excluding hydrogens is 380 g/mol. The van der Waals surface area contributed by atoms with Crippen LogP contribution in [0.2, 0.25) is 0 Å². The summed E-state index contributed by atoms with van der Waals surface area (Å²) >= 11 is 0. The van der Waals surface area contributed by atoms with Crippen LogP contribution in [0.1, 0.15) is 35.4 Å². The van der Waals surface area contributed by atoms with Crippen LogP contribution in [0, 0.1) is 5.92 Å². The molecule has 3 aromatic carbocycles. The highest BCUT2D eigenvalue weighted by Gasteiger charge is 2.46. The summed E-state index contributed by atoms with van der Waals surface area (Å²) in [4.78, 5) is 2.74. The van der Waals surface area contributed by atoms with E-state index in [1.165, 1.54) is 42.6 Å². The van der Waals surface area contributed by atoms with Crippen LogP contribution in [-0.2, 0) is 6.54 Å². The lowest BCUT2D eigenvalue weighted by atomic mass is 9.70. The van der Waals surface area contributed by atoms with Gasteiger partial charge in [-0.25, -0.2) is 0 Å². The van der Waals surface area contributed by atoms with E-state index in [-0.39, 0.29) is 0 Å². The first-order valence-corrected chi connectivity index (χ1v) is 11.5. The molecule has 3 saturated heterocycles. The zero-order chi connectivity index (χ0) is 21.0. The molecule has 3 aromatic rings. The number of benzene rings is 3. The van der Waals surface area contributed by atoms with Gasteiger partial charge in [0.25, 0.3) is 0 Å². The predicted molar refractivity (Wildman–Crippen MR) is 126 cm³/mol. The van der Waals surface area contributed by atoms with Gasteiger partial charge < -0.3 is 10.1 Å². The summed E-state index contributed by atoms with van der Waals surface area (Å²) in [6.45, 7) is 3.25. The monoisotopic (exact) mass is 412 g/mol. The SMILES string of the molecule is COc1ccccc1CN[C@@H]1C2CCN(CC2)[C@H]1C(c1ccccc1)c1ccccc1. The Kier molecular flexibility index (Phi) is 6.06. The second-order valence-electron chi connectivity index (χ2n) is 8.88. The first-order valence-electron chi connectivity index (χ1n) is 11.5. The molecule has 31 heavy (non-hydrogen) atoms. The Hall–Kier alpha value is -2.62. The summed E-state index contributed by atoms with van der Waals surface area (Å²) in [5.41, 5.74) is 4.06. The topological polar surface area (TPSA) is 24.5 Å². The van der Waals surface area contributed by atoms with Crippen molar-refractivity contribution >= 4 is 0 Å². The zero-order valence-electron chi connectivity index (χ0n) is 18.3. The van der Waals surface area contributed by atoms with Crippen molar-refractivity contribution in [2.75, 3.05) is 20.2 Å². The fourth-order valence-corrected chi connectivity index (χ4v) is 5.77. The largest absolute Gasteiger partial charge is 0.496 e. The van der Waals surface area contributed by atoms with Gasteiger partial charge in [-0.15, -0.1) is 0 Å². The Balaban J connectivity index is 1.49. The molecule has 0 amide bonds. The van der Waals surface area contributed by atoms with Crippen LogP contribution in [0.5, 0.6) is 5.75 Å².